The van der Waals surface area contributed by atoms with Gasteiger partial charge in [-0.1, -0.05) is 0 Å². The molecule has 1 aliphatic rings. The Bertz CT molecular complexity index is 308. The van der Waals surface area contributed by atoms with Crippen molar-refractivity contribution in [2.24, 2.45) is 0 Å². The second-order valence-electron chi connectivity index (χ2n) is 3.83. The first-order chi connectivity index (χ1) is 7.36. The van der Waals surface area contributed by atoms with Crippen LogP contribution in [0.25, 0.3) is 0 Å². The molecule has 0 atom stereocenters. The van der Waals surface area contributed by atoms with E-state index in [1.54, 1.807) is 0 Å². The average molecular weight is 207 g/mol. The molecule has 0 aromatic carbocycles. The maximum Gasteiger partial charge on any atom is 0.138 e. The van der Waals surface area contributed by atoms with Gasteiger partial charge >= 0.3 is 0 Å². The van der Waals surface area contributed by atoms with E-state index in [2.05, 4.69) is 25.4 Å². The first-order valence-corrected chi connectivity index (χ1v) is 5.42. The van der Waals surface area contributed by atoms with Crippen LogP contribution in [0.4, 0.5) is 0 Å². The fourth-order valence-electron chi connectivity index (χ4n) is 1.78. The minimum Gasteiger partial charge on any atom is -0.314 e. The Balaban J connectivity index is 1.84. The molecule has 1 aliphatic heterocycles. The van der Waals surface area contributed by atoms with Crippen molar-refractivity contribution in [1.82, 2.24) is 25.4 Å². The standard InChI is InChI=1S/C10H17N5/c1-9-10(14-13-8-12-9)2-5-15-6-3-11-4-7-15/h8,11H,2-7H2,1H3. The highest BCUT2D eigenvalue weighted by Gasteiger charge is 2.10. The lowest BCUT2D eigenvalue weighted by Gasteiger charge is -2.26. The van der Waals surface area contributed by atoms with Crippen molar-refractivity contribution in [3.63, 3.8) is 0 Å². The highest BCUT2D eigenvalue weighted by atomic mass is 15.2. The van der Waals surface area contributed by atoms with Gasteiger partial charge in [-0.15, -0.1) is 5.10 Å². The molecule has 0 saturated carbocycles. The number of aromatic nitrogens is 3. The number of aryl methyl sites for hydroxylation is 1. The fourth-order valence-corrected chi connectivity index (χ4v) is 1.78. The van der Waals surface area contributed by atoms with Gasteiger partial charge in [0.15, 0.2) is 0 Å². The van der Waals surface area contributed by atoms with Gasteiger partial charge in [-0.2, -0.15) is 5.10 Å². The van der Waals surface area contributed by atoms with E-state index in [1.807, 2.05) is 6.92 Å². The maximum absolute atomic E-state index is 4.14. The molecule has 0 unspecified atom stereocenters. The second kappa shape index (κ2) is 5.14. The number of hydrogen-bond acceptors (Lipinski definition) is 5. The minimum absolute atomic E-state index is 0.951. The summed E-state index contributed by atoms with van der Waals surface area (Å²) >= 11 is 0. The van der Waals surface area contributed by atoms with Gasteiger partial charge in [-0.25, -0.2) is 4.98 Å². The maximum atomic E-state index is 4.14. The van der Waals surface area contributed by atoms with E-state index in [4.69, 9.17) is 0 Å². The Morgan fingerprint density at radius 1 is 1.40 bits per heavy atom. The van der Waals surface area contributed by atoms with Gasteiger partial charge < -0.3 is 10.2 Å². The molecule has 2 heterocycles. The van der Waals surface area contributed by atoms with E-state index in [9.17, 15) is 0 Å². The van der Waals surface area contributed by atoms with Crippen molar-refractivity contribution in [2.75, 3.05) is 32.7 Å². The Morgan fingerprint density at radius 3 is 2.93 bits per heavy atom. The summed E-state index contributed by atoms with van der Waals surface area (Å²) in [5, 5.41) is 11.3. The van der Waals surface area contributed by atoms with Crippen LogP contribution >= 0.6 is 0 Å². The van der Waals surface area contributed by atoms with Gasteiger partial charge in [0.1, 0.15) is 6.33 Å². The van der Waals surface area contributed by atoms with Crippen LogP contribution in [0.2, 0.25) is 0 Å². The molecule has 0 aliphatic carbocycles. The molecule has 1 N–H and O–H groups in total. The molecule has 1 aromatic rings. The van der Waals surface area contributed by atoms with Crippen molar-refractivity contribution in [2.45, 2.75) is 13.3 Å². The quantitative estimate of drug-likeness (QED) is 0.733. The molecular weight excluding hydrogens is 190 g/mol. The topological polar surface area (TPSA) is 53.9 Å². The summed E-state index contributed by atoms with van der Waals surface area (Å²) in [6.45, 7) is 7.50. The number of nitrogens with one attached hydrogen (secondary N) is 1. The van der Waals surface area contributed by atoms with E-state index in [0.717, 1.165) is 50.5 Å². The van der Waals surface area contributed by atoms with Crippen molar-refractivity contribution < 1.29 is 0 Å². The molecule has 0 radical (unpaired) electrons. The zero-order chi connectivity index (χ0) is 10.5. The van der Waals surface area contributed by atoms with E-state index < -0.39 is 0 Å². The number of nitrogens with zero attached hydrogens (tertiary/aromatic N) is 4. The normalized spacial score (nSPS) is 17.9. The van der Waals surface area contributed by atoms with Crippen molar-refractivity contribution in [1.29, 1.82) is 0 Å². The van der Waals surface area contributed by atoms with E-state index in [-0.39, 0.29) is 0 Å². The molecule has 82 valence electrons. The van der Waals surface area contributed by atoms with Crippen LogP contribution in [-0.2, 0) is 6.42 Å². The van der Waals surface area contributed by atoms with Crippen LogP contribution in [0, 0.1) is 6.92 Å². The zero-order valence-corrected chi connectivity index (χ0v) is 9.11. The summed E-state index contributed by atoms with van der Waals surface area (Å²) in [4.78, 5) is 6.59. The van der Waals surface area contributed by atoms with Gasteiger partial charge in [0.25, 0.3) is 0 Å². The van der Waals surface area contributed by atoms with Gasteiger partial charge in [0, 0.05) is 39.1 Å². The van der Waals surface area contributed by atoms with Gasteiger partial charge in [0.2, 0.25) is 0 Å². The summed E-state index contributed by atoms with van der Waals surface area (Å²) < 4.78 is 0. The zero-order valence-electron chi connectivity index (χ0n) is 9.11. The average Bonchev–Trinajstić information content (AvgIpc) is 2.29. The lowest BCUT2D eigenvalue weighted by Crippen LogP contribution is -2.44. The molecule has 1 saturated heterocycles. The molecule has 0 amide bonds. The summed E-state index contributed by atoms with van der Waals surface area (Å²) in [5.74, 6) is 0. The Labute approximate surface area is 89.9 Å². The van der Waals surface area contributed by atoms with Gasteiger partial charge in [-0.3, -0.25) is 0 Å². The number of hydrogen-bond donors (Lipinski definition) is 1. The molecule has 1 fully saturated rings. The van der Waals surface area contributed by atoms with Gasteiger partial charge in [-0.05, 0) is 6.92 Å². The van der Waals surface area contributed by atoms with Crippen LogP contribution < -0.4 is 5.32 Å². The summed E-state index contributed by atoms with van der Waals surface area (Å²) in [6.07, 6.45) is 2.45. The molecule has 5 heteroatoms. The second-order valence-corrected chi connectivity index (χ2v) is 3.83. The number of rotatable bonds is 3. The van der Waals surface area contributed by atoms with Crippen LogP contribution in [0.1, 0.15) is 11.4 Å². The van der Waals surface area contributed by atoms with E-state index in [1.165, 1.54) is 6.33 Å². The summed E-state index contributed by atoms with van der Waals surface area (Å²) in [7, 11) is 0. The third-order valence-corrected chi connectivity index (χ3v) is 2.77. The molecule has 2 rings (SSSR count). The molecule has 0 bridgehead atoms. The fraction of sp³-hybridized carbons (Fsp3) is 0.700. The highest BCUT2D eigenvalue weighted by Crippen LogP contribution is 2.01. The SMILES string of the molecule is Cc1ncnnc1CCN1CCNCC1. The third-order valence-electron chi connectivity index (χ3n) is 2.77. The van der Waals surface area contributed by atoms with Crippen LogP contribution in [0.3, 0.4) is 0 Å². The smallest absolute Gasteiger partial charge is 0.138 e. The molecule has 5 nitrogen and oxygen atoms in total. The molecule has 1 aromatic heterocycles. The highest BCUT2D eigenvalue weighted by molar-refractivity contribution is 5.06. The predicted molar refractivity (Wildman–Crippen MR) is 57.6 cm³/mol. The largest absolute Gasteiger partial charge is 0.314 e. The van der Waals surface area contributed by atoms with E-state index >= 15 is 0 Å². The minimum atomic E-state index is 0.951. The van der Waals surface area contributed by atoms with Crippen LogP contribution in [-0.4, -0.2) is 52.8 Å². The lowest BCUT2D eigenvalue weighted by atomic mass is 10.2. The number of piperazine rings is 1. The summed E-state index contributed by atoms with van der Waals surface area (Å²) in [6, 6.07) is 0. The third kappa shape index (κ3) is 2.94. The van der Waals surface area contributed by atoms with Crippen molar-refractivity contribution in [3.8, 4) is 0 Å². The van der Waals surface area contributed by atoms with Crippen molar-refractivity contribution >= 4 is 0 Å². The monoisotopic (exact) mass is 207 g/mol. The van der Waals surface area contributed by atoms with Crippen molar-refractivity contribution in [3.05, 3.63) is 17.7 Å². The molecule has 15 heavy (non-hydrogen) atoms. The van der Waals surface area contributed by atoms with E-state index in [0.29, 0.717) is 0 Å². The Kier molecular flexibility index (Phi) is 3.58. The first-order valence-electron chi connectivity index (χ1n) is 5.42. The van der Waals surface area contributed by atoms with Crippen LogP contribution in [0.15, 0.2) is 6.33 Å². The Hall–Kier alpha value is -1.07. The summed E-state index contributed by atoms with van der Waals surface area (Å²) in [5.41, 5.74) is 2.02. The van der Waals surface area contributed by atoms with Gasteiger partial charge in [0.05, 0.1) is 11.4 Å². The molecular formula is C10H17N5. The first kappa shape index (κ1) is 10.4. The predicted octanol–water partition coefficient (Wildman–Crippen LogP) is -0.372. The molecule has 0 spiro atoms. The van der Waals surface area contributed by atoms with Crippen LogP contribution in [0.5, 0.6) is 0 Å². The lowest BCUT2D eigenvalue weighted by molar-refractivity contribution is 0.243. The Morgan fingerprint density at radius 2 is 2.20 bits per heavy atom.